The number of aromatic nitrogens is 3. The zero-order valence-electron chi connectivity index (χ0n) is 15.1. The number of aromatic amines is 1. The summed E-state index contributed by atoms with van der Waals surface area (Å²) in [5.74, 6) is 1.47. The van der Waals surface area contributed by atoms with E-state index in [1.165, 1.54) is 12.8 Å². The Balaban J connectivity index is 1.73. The third-order valence-electron chi connectivity index (χ3n) is 3.95. The van der Waals surface area contributed by atoms with Crippen LogP contribution < -0.4 is 4.74 Å². The maximum Gasteiger partial charge on any atom is 0.216 e. The number of ether oxygens (including phenoxy) is 1. The van der Waals surface area contributed by atoms with Crippen LogP contribution >= 0.6 is 23.8 Å². The van der Waals surface area contributed by atoms with E-state index in [1.807, 2.05) is 48.5 Å². The van der Waals surface area contributed by atoms with Gasteiger partial charge in [-0.25, -0.2) is 5.10 Å². The Bertz CT molecular complexity index is 963. The van der Waals surface area contributed by atoms with E-state index in [9.17, 15) is 0 Å². The van der Waals surface area contributed by atoms with Gasteiger partial charge < -0.3 is 4.74 Å². The monoisotopic (exact) mass is 400 g/mol. The number of unbranched alkanes of at least 4 members (excludes halogenated alkanes) is 2. The van der Waals surface area contributed by atoms with Gasteiger partial charge in [-0.3, -0.25) is 0 Å². The molecule has 0 radical (unpaired) electrons. The van der Waals surface area contributed by atoms with Crippen molar-refractivity contribution in [2.45, 2.75) is 26.2 Å². The molecule has 0 amide bonds. The van der Waals surface area contributed by atoms with Crippen LogP contribution in [-0.4, -0.2) is 27.7 Å². The molecular weight excluding hydrogens is 380 g/mol. The van der Waals surface area contributed by atoms with Gasteiger partial charge >= 0.3 is 0 Å². The summed E-state index contributed by atoms with van der Waals surface area (Å²) in [6, 6.07) is 15.2. The highest BCUT2D eigenvalue weighted by atomic mass is 35.5. The number of benzene rings is 2. The summed E-state index contributed by atoms with van der Waals surface area (Å²) in [7, 11) is 0. The van der Waals surface area contributed by atoms with Gasteiger partial charge in [0.15, 0.2) is 5.82 Å². The van der Waals surface area contributed by atoms with Crippen LogP contribution in [0.1, 0.15) is 31.7 Å². The summed E-state index contributed by atoms with van der Waals surface area (Å²) >= 11 is 11.4. The summed E-state index contributed by atoms with van der Waals surface area (Å²) in [5, 5.41) is 12.1. The predicted octanol–water partition coefficient (Wildman–Crippen LogP) is 5.71. The van der Waals surface area contributed by atoms with E-state index in [0.29, 0.717) is 15.6 Å². The van der Waals surface area contributed by atoms with Crippen LogP contribution in [0, 0.1) is 4.77 Å². The molecule has 0 aliphatic heterocycles. The molecule has 1 N–H and O–H groups in total. The zero-order valence-corrected chi connectivity index (χ0v) is 16.6. The lowest BCUT2D eigenvalue weighted by molar-refractivity contribution is 0.306. The number of halogens is 1. The Hall–Kier alpha value is -2.44. The number of hydrogen-bond acceptors (Lipinski definition) is 4. The lowest BCUT2D eigenvalue weighted by atomic mass is 10.2. The van der Waals surface area contributed by atoms with E-state index in [4.69, 9.17) is 28.6 Å². The Morgan fingerprint density at radius 2 is 2.04 bits per heavy atom. The molecule has 0 atom stereocenters. The average Bonchev–Trinajstić information content (AvgIpc) is 3.05. The Kier molecular flexibility index (Phi) is 6.79. The van der Waals surface area contributed by atoms with Crippen LogP contribution in [0.2, 0.25) is 5.02 Å². The van der Waals surface area contributed by atoms with E-state index in [-0.39, 0.29) is 0 Å². The molecule has 0 bridgehead atoms. The van der Waals surface area contributed by atoms with Crippen molar-refractivity contribution >= 4 is 30.0 Å². The highest BCUT2D eigenvalue weighted by molar-refractivity contribution is 7.71. The Morgan fingerprint density at radius 1 is 1.22 bits per heavy atom. The van der Waals surface area contributed by atoms with Crippen molar-refractivity contribution in [3.05, 3.63) is 63.9 Å². The molecule has 5 nitrogen and oxygen atoms in total. The first-order chi connectivity index (χ1) is 13.2. The van der Waals surface area contributed by atoms with Gasteiger partial charge in [-0.15, -0.1) is 0 Å². The zero-order chi connectivity index (χ0) is 19.1. The number of nitrogens with zero attached hydrogens (tertiary/aromatic N) is 3. The van der Waals surface area contributed by atoms with Gasteiger partial charge in [0, 0.05) is 10.6 Å². The molecule has 0 fully saturated rings. The van der Waals surface area contributed by atoms with Crippen LogP contribution in [0.15, 0.2) is 53.6 Å². The van der Waals surface area contributed by atoms with Gasteiger partial charge in [-0.05, 0) is 60.6 Å². The fraction of sp³-hybridized carbons (Fsp3) is 0.250. The van der Waals surface area contributed by atoms with Crippen molar-refractivity contribution in [1.82, 2.24) is 14.9 Å². The summed E-state index contributed by atoms with van der Waals surface area (Å²) in [5.41, 5.74) is 1.78. The molecule has 1 heterocycles. The number of nitrogens with one attached hydrogen (secondary N) is 1. The molecule has 27 heavy (non-hydrogen) atoms. The maximum absolute atomic E-state index is 6.07. The minimum atomic E-state index is 0.414. The summed E-state index contributed by atoms with van der Waals surface area (Å²) in [4.78, 5) is 0. The lowest BCUT2D eigenvalue weighted by Crippen LogP contribution is -1.97. The van der Waals surface area contributed by atoms with Crippen molar-refractivity contribution in [3.63, 3.8) is 0 Å². The molecule has 3 rings (SSSR count). The van der Waals surface area contributed by atoms with Gasteiger partial charge in [0.05, 0.1) is 12.8 Å². The fourth-order valence-corrected chi connectivity index (χ4v) is 2.90. The lowest BCUT2D eigenvalue weighted by Gasteiger charge is -2.05. The second-order valence-corrected chi connectivity index (χ2v) is 6.87. The van der Waals surface area contributed by atoms with Crippen molar-refractivity contribution < 1.29 is 4.74 Å². The van der Waals surface area contributed by atoms with Crippen LogP contribution in [0.25, 0.3) is 11.4 Å². The standard InChI is InChI=1S/C20H21ClN4OS/c1-2-3-4-12-26-18-10-8-15(9-11-18)14-22-25-19(23-24-20(25)27)16-6-5-7-17(21)13-16/h5-11,13-14H,2-4,12H2,1H3,(H,24,27)/b22-14+. The van der Waals surface area contributed by atoms with E-state index in [1.54, 1.807) is 10.9 Å². The molecule has 1 aromatic heterocycles. The highest BCUT2D eigenvalue weighted by Crippen LogP contribution is 2.21. The largest absolute Gasteiger partial charge is 0.494 e. The van der Waals surface area contributed by atoms with Crippen molar-refractivity contribution in [1.29, 1.82) is 0 Å². The molecule has 0 aliphatic rings. The first-order valence-electron chi connectivity index (χ1n) is 8.88. The third-order valence-corrected chi connectivity index (χ3v) is 4.45. The van der Waals surface area contributed by atoms with E-state index < -0.39 is 0 Å². The first kappa shape index (κ1) is 19.3. The van der Waals surface area contributed by atoms with Crippen LogP contribution in [-0.2, 0) is 0 Å². The van der Waals surface area contributed by atoms with Crippen LogP contribution in [0.5, 0.6) is 5.75 Å². The highest BCUT2D eigenvalue weighted by Gasteiger charge is 2.08. The number of rotatable bonds is 8. The summed E-state index contributed by atoms with van der Waals surface area (Å²) < 4.78 is 7.72. The number of hydrogen-bond donors (Lipinski definition) is 1. The normalized spacial score (nSPS) is 11.2. The molecule has 0 saturated heterocycles. The molecule has 0 spiro atoms. The predicted molar refractivity (Wildman–Crippen MR) is 112 cm³/mol. The summed E-state index contributed by atoms with van der Waals surface area (Å²) in [6.07, 6.45) is 5.18. The Morgan fingerprint density at radius 3 is 2.78 bits per heavy atom. The van der Waals surface area contributed by atoms with E-state index in [2.05, 4.69) is 22.2 Å². The Labute approximate surface area is 168 Å². The summed E-state index contributed by atoms with van der Waals surface area (Å²) in [6.45, 7) is 2.92. The smallest absolute Gasteiger partial charge is 0.216 e. The van der Waals surface area contributed by atoms with Crippen molar-refractivity contribution in [2.75, 3.05) is 6.61 Å². The third kappa shape index (κ3) is 5.28. The molecule has 2 aromatic carbocycles. The van der Waals surface area contributed by atoms with E-state index in [0.717, 1.165) is 29.9 Å². The maximum atomic E-state index is 6.07. The molecular formula is C20H21ClN4OS. The minimum absolute atomic E-state index is 0.414. The SMILES string of the molecule is CCCCCOc1ccc(/C=N/n2c(-c3cccc(Cl)c3)n[nH]c2=S)cc1. The van der Waals surface area contributed by atoms with Crippen LogP contribution in [0.3, 0.4) is 0 Å². The van der Waals surface area contributed by atoms with E-state index >= 15 is 0 Å². The van der Waals surface area contributed by atoms with Gasteiger partial charge in [0.1, 0.15) is 5.75 Å². The topological polar surface area (TPSA) is 55.2 Å². The molecule has 140 valence electrons. The van der Waals surface area contributed by atoms with Gasteiger partial charge in [-0.2, -0.15) is 14.9 Å². The quantitative estimate of drug-likeness (QED) is 0.299. The van der Waals surface area contributed by atoms with Gasteiger partial charge in [0.2, 0.25) is 4.77 Å². The second-order valence-electron chi connectivity index (χ2n) is 6.04. The van der Waals surface area contributed by atoms with Gasteiger partial charge in [0.25, 0.3) is 0 Å². The van der Waals surface area contributed by atoms with Crippen molar-refractivity contribution in [3.8, 4) is 17.1 Å². The molecule has 0 saturated carbocycles. The molecule has 3 aromatic rings. The second kappa shape index (κ2) is 9.48. The number of H-pyrrole nitrogens is 1. The molecule has 0 aliphatic carbocycles. The first-order valence-corrected chi connectivity index (χ1v) is 9.66. The average molecular weight is 401 g/mol. The molecule has 7 heteroatoms. The molecule has 0 unspecified atom stereocenters. The van der Waals surface area contributed by atoms with Crippen molar-refractivity contribution in [2.24, 2.45) is 5.10 Å². The van der Waals surface area contributed by atoms with Crippen LogP contribution in [0.4, 0.5) is 0 Å². The van der Waals surface area contributed by atoms with Gasteiger partial charge in [-0.1, -0.05) is 43.5 Å². The minimum Gasteiger partial charge on any atom is -0.494 e. The fourth-order valence-electron chi connectivity index (χ4n) is 2.53.